The number of amides is 1. The molecular formula is C12H21NO3S. The molecule has 98 valence electrons. The molecule has 0 radical (unpaired) electrons. The van der Waals surface area contributed by atoms with Gasteiger partial charge in [-0.3, -0.25) is 4.79 Å². The van der Waals surface area contributed by atoms with E-state index in [9.17, 15) is 13.2 Å². The Hall–Kier alpha value is -0.580. The average molecular weight is 259 g/mol. The van der Waals surface area contributed by atoms with Crippen LogP contribution < -0.4 is 5.32 Å². The van der Waals surface area contributed by atoms with Gasteiger partial charge in [-0.05, 0) is 31.1 Å². The Morgan fingerprint density at radius 2 is 2.00 bits per heavy atom. The molecule has 0 heterocycles. The number of carbonyl (C=O) groups is 1. The average Bonchev–Trinajstić information content (AvgIpc) is 2.79. The molecule has 0 aliphatic heterocycles. The summed E-state index contributed by atoms with van der Waals surface area (Å²) in [6, 6.07) is 0.301. The van der Waals surface area contributed by atoms with Crippen LogP contribution in [0.4, 0.5) is 0 Å². The molecule has 2 fully saturated rings. The van der Waals surface area contributed by atoms with E-state index in [-0.39, 0.29) is 18.1 Å². The predicted molar refractivity (Wildman–Crippen MR) is 66.3 cm³/mol. The SMILES string of the molecule is CS(=O)(=O)CCC(=O)N[C@H]1CC[C@@H]2CCC[C@@H]21. The Balaban J connectivity index is 1.79. The number of carbonyl (C=O) groups excluding carboxylic acids is 1. The second-order valence-corrected chi connectivity index (χ2v) is 7.75. The van der Waals surface area contributed by atoms with Crippen molar-refractivity contribution < 1.29 is 13.2 Å². The molecule has 2 rings (SSSR count). The topological polar surface area (TPSA) is 63.2 Å². The number of rotatable bonds is 4. The van der Waals surface area contributed by atoms with Gasteiger partial charge in [-0.15, -0.1) is 0 Å². The normalized spacial score (nSPS) is 32.4. The molecule has 1 amide bonds. The first-order valence-corrected chi connectivity index (χ1v) is 8.49. The minimum Gasteiger partial charge on any atom is -0.353 e. The molecule has 4 nitrogen and oxygen atoms in total. The molecule has 0 bridgehead atoms. The molecule has 2 aliphatic carbocycles. The van der Waals surface area contributed by atoms with Crippen molar-refractivity contribution in [3.63, 3.8) is 0 Å². The van der Waals surface area contributed by atoms with E-state index in [1.165, 1.54) is 31.9 Å². The van der Waals surface area contributed by atoms with Gasteiger partial charge in [-0.1, -0.05) is 12.8 Å². The minimum atomic E-state index is -3.03. The maximum absolute atomic E-state index is 11.7. The van der Waals surface area contributed by atoms with Crippen LogP contribution in [0.5, 0.6) is 0 Å². The van der Waals surface area contributed by atoms with E-state index in [1.54, 1.807) is 0 Å². The van der Waals surface area contributed by atoms with Crippen molar-refractivity contribution in [3.05, 3.63) is 0 Å². The third kappa shape index (κ3) is 3.44. The van der Waals surface area contributed by atoms with Crippen LogP contribution in [0.1, 0.15) is 38.5 Å². The van der Waals surface area contributed by atoms with Crippen LogP contribution in [0, 0.1) is 11.8 Å². The molecular weight excluding hydrogens is 238 g/mol. The molecule has 2 saturated carbocycles. The Labute approximate surface area is 103 Å². The first kappa shape index (κ1) is 12.9. The molecule has 2 aliphatic rings. The zero-order valence-electron chi connectivity index (χ0n) is 10.3. The largest absolute Gasteiger partial charge is 0.353 e. The molecule has 0 saturated heterocycles. The Kier molecular flexibility index (Phi) is 3.76. The van der Waals surface area contributed by atoms with Crippen LogP contribution in [0.25, 0.3) is 0 Å². The van der Waals surface area contributed by atoms with E-state index in [4.69, 9.17) is 0 Å². The third-order valence-corrected chi connectivity index (χ3v) is 5.08. The van der Waals surface area contributed by atoms with Crippen LogP contribution >= 0.6 is 0 Å². The minimum absolute atomic E-state index is 0.0420. The highest BCUT2D eigenvalue weighted by Crippen LogP contribution is 2.43. The van der Waals surface area contributed by atoms with Crippen LogP contribution in [0.15, 0.2) is 0 Å². The van der Waals surface area contributed by atoms with E-state index < -0.39 is 9.84 Å². The fourth-order valence-electron chi connectivity index (χ4n) is 3.30. The Morgan fingerprint density at radius 3 is 2.71 bits per heavy atom. The van der Waals surface area contributed by atoms with Gasteiger partial charge in [0.25, 0.3) is 0 Å². The van der Waals surface area contributed by atoms with Gasteiger partial charge in [0.2, 0.25) is 5.91 Å². The van der Waals surface area contributed by atoms with Crippen molar-refractivity contribution in [1.82, 2.24) is 5.32 Å². The van der Waals surface area contributed by atoms with Crippen molar-refractivity contribution in [2.45, 2.75) is 44.6 Å². The van der Waals surface area contributed by atoms with Crippen molar-refractivity contribution in [2.24, 2.45) is 11.8 Å². The molecule has 0 aromatic rings. The maximum atomic E-state index is 11.7. The summed E-state index contributed by atoms with van der Waals surface area (Å²) in [5.74, 6) is 1.31. The van der Waals surface area contributed by atoms with E-state index >= 15 is 0 Å². The highest BCUT2D eigenvalue weighted by molar-refractivity contribution is 7.90. The zero-order chi connectivity index (χ0) is 12.5. The lowest BCUT2D eigenvalue weighted by Gasteiger charge is -2.19. The third-order valence-electron chi connectivity index (χ3n) is 4.13. The fourth-order valence-corrected chi connectivity index (χ4v) is 3.85. The summed E-state index contributed by atoms with van der Waals surface area (Å²) in [5.41, 5.74) is 0. The van der Waals surface area contributed by atoms with Gasteiger partial charge in [0.1, 0.15) is 9.84 Å². The maximum Gasteiger partial charge on any atom is 0.221 e. The molecule has 0 aromatic heterocycles. The number of fused-ring (bicyclic) bond motifs is 1. The lowest BCUT2D eigenvalue weighted by atomic mass is 9.97. The van der Waals surface area contributed by atoms with Crippen molar-refractivity contribution >= 4 is 15.7 Å². The quantitative estimate of drug-likeness (QED) is 0.823. The van der Waals surface area contributed by atoms with E-state index in [2.05, 4.69) is 5.32 Å². The second-order valence-electron chi connectivity index (χ2n) is 5.49. The highest BCUT2D eigenvalue weighted by Gasteiger charge is 2.39. The first-order chi connectivity index (χ1) is 7.96. The van der Waals surface area contributed by atoms with Gasteiger partial charge in [-0.25, -0.2) is 8.42 Å². The summed E-state index contributed by atoms with van der Waals surface area (Å²) in [6.07, 6.45) is 7.38. The summed E-state index contributed by atoms with van der Waals surface area (Å²) in [6.45, 7) is 0. The molecule has 0 aromatic carbocycles. The molecule has 0 spiro atoms. The van der Waals surface area contributed by atoms with Gasteiger partial charge in [0, 0.05) is 18.7 Å². The highest BCUT2D eigenvalue weighted by atomic mass is 32.2. The number of sulfone groups is 1. The smallest absolute Gasteiger partial charge is 0.221 e. The van der Waals surface area contributed by atoms with Gasteiger partial charge in [-0.2, -0.15) is 0 Å². The Bertz CT molecular complexity index is 391. The van der Waals surface area contributed by atoms with Gasteiger partial charge in [0.05, 0.1) is 5.75 Å². The summed E-state index contributed by atoms with van der Waals surface area (Å²) < 4.78 is 22.0. The fraction of sp³-hybridized carbons (Fsp3) is 0.917. The molecule has 1 N–H and O–H groups in total. The van der Waals surface area contributed by atoms with E-state index in [0.717, 1.165) is 12.3 Å². The summed E-state index contributed by atoms with van der Waals surface area (Å²) in [7, 11) is -3.03. The van der Waals surface area contributed by atoms with Gasteiger partial charge < -0.3 is 5.32 Å². The standard InChI is InChI=1S/C12H21NO3S/c1-17(15,16)8-7-12(14)13-11-6-5-9-3-2-4-10(9)11/h9-11H,2-8H2,1H3,(H,13,14)/t9-,10-,11-/m0/s1. The van der Waals surface area contributed by atoms with Crippen molar-refractivity contribution in [1.29, 1.82) is 0 Å². The lowest BCUT2D eigenvalue weighted by Crippen LogP contribution is -2.38. The van der Waals surface area contributed by atoms with Crippen LogP contribution in [0.3, 0.4) is 0 Å². The monoisotopic (exact) mass is 259 g/mol. The van der Waals surface area contributed by atoms with Gasteiger partial charge in [0.15, 0.2) is 0 Å². The number of hydrogen-bond acceptors (Lipinski definition) is 3. The summed E-state index contributed by atoms with van der Waals surface area (Å²) in [4.78, 5) is 11.7. The van der Waals surface area contributed by atoms with Crippen molar-refractivity contribution in [3.8, 4) is 0 Å². The van der Waals surface area contributed by atoms with Crippen molar-refractivity contribution in [2.75, 3.05) is 12.0 Å². The summed E-state index contributed by atoms with van der Waals surface area (Å²) >= 11 is 0. The van der Waals surface area contributed by atoms with Gasteiger partial charge >= 0.3 is 0 Å². The number of nitrogens with one attached hydrogen (secondary N) is 1. The first-order valence-electron chi connectivity index (χ1n) is 6.43. The van der Waals surface area contributed by atoms with E-state index in [0.29, 0.717) is 12.0 Å². The number of hydrogen-bond donors (Lipinski definition) is 1. The molecule has 5 heteroatoms. The van der Waals surface area contributed by atoms with Crippen LogP contribution in [-0.4, -0.2) is 32.4 Å². The Morgan fingerprint density at radius 1 is 1.24 bits per heavy atom. The lowest BCUT2D eigenvalue weighted by molar-refractivity contribution is -0.121. The summed E-state index contributed by atoms with van der Waals surface area (Å²) in [5, 5.41) is 3.02. The predicted octanol–water partition coefficient (Wildman–Crippen LogP) is 1.12. The zero-order valence-corrected chi connectivity index (χ0v) is 11.1. The molecule has 17 heavy (non-hydrogen) atoms. The van der Waals surface area contributed by atoms with Crippen LogP contribution in [-0.2, 0) is 14.6 Å². The molecule has 3 atom stereocenters. The van der Waals surface area contributed by atoms with Crippen LogP contribution in [0.2, 0.25) is 0 Å². The van der Waals surface area contributed by atoms with E-state index in [1.807, 2.05) is 0 Å². The second kappa shape index (κ2) is 4.96. The molecule has 0 unspecified atom stereocenters.